The minimum Gasteiger partial charge on any atom is -0.481 e. The second kappa shape index (κ2) is 12.9. The average Bonchev–Trinajstić information content (AvgIpc) is 2.83. The van der Waals surface area contributed by atoms with Crippen LogP contribution in [0.4, 0.5) is 17.2 Å². The minimum atomic E-state index is -0.789. The standard InChI is InChI=1S/C28H41N3O4/c1-19(2)17-31(23-8-10-24(35-5)11-9-23)26-12-7-22(20(3)14-28(32)33)15-25(26)30-27-13-6-21(16-29-27)18-34-4/h6-7,12-13,15-16,19-20,23-24H,8-11,14,17-18H2,1-5H3,(H,29,30)(H,32,33)/t20-,23-,24-/m1/s1. The number of carbonyl (C=O) groups is 1. The van der Waals surface area contributed by atoms with Gasteiger partial charge in [0.1, 0.15) is 5.82 Å². The Morgan fingerprint density at radius 3 is 2.46 bits per heavy atom. The zero-order valence-corrected chi connectivity index (χ0v) is 21.8. The van der Waals surface area contributed by atoms with Crippen LogP contribution in [0.3, 0.4) is 0 Å². The van der Waals surface area contributed by atoms with Gasteiger partial charge >= 0.3 is 5.97 Å². The molecule has 1 aromatic carbocycles. The molecule has 0 bridgehead atoms. The van der Waals surface area contributed by atoms with Crippen LogP contribution in [0.5, 0.6) is 0 Å². The number of nitrogens with one attached hydrogen (secondary N) is 1. The molecule has 0 radical (unpaired) electrons. The van der Waals surface area contributed by atoms with Crippen LogP contribution >= 0.6 is 0 Å². The van der Waals surface area contributed by atoms with Crippen LogP contribution in [0.25, 0.3) is 0 Å². The molecule has 0 aliphatic heterocycles. The minimum absolute atomic E-state index is 0.0881. The molecule has 7 heteroatoms. The number of benzene rings is 1. The van der Waals surface area contributed by atoms with Gasteiger partial charge in [0.25, 0.3) is 0 Å². The average molecular weight is 484 g/mol. The topological polar surface area (TPSA) is 83.9 Å². The number of carboxylic acid groups (broad SMARTS) is 1. The molecule has 1 fully saturated rings. The highest BCUT2D eigenvalue weighted by Crippen LogP contribution is 2.37. The zero-order chi connectivity index (χ0) is 25.4. The quantitative estimate of drug-likeness (QED) is 0.385. The lowest BCUT2D eigenvalue weighted by Gasteiger charge is -2.40. The highest BCUT2D eigenvalue weighted by atomic mass is 16.5. The lowest BCUT2D eigenvalue weighted by molar-refractivity contribution is -0.137. The van der Waals surface area contributed by atoms with Crippen molar-refractivity contribution in [2.24, 2.45) is 5.92 Å². The van der Waals surface area contributed by atoms with Crippen molar-refractivity contribution < 1.29 is 19.4 Å². The number of rotatable bonds is 12. The Kier molecular flexibility index (Phi) is 9.93. The second-order valence-corrected chi connectivity index (χ2v) is 10.1. The van der Waals surface area contributed by atoms with E-state index in [-0.39, 0.29) is 12.3 Å². The summed E-state index contributed by atoms with van der Waals surface area (Å²) in [6.45, 7) is 7.93. The number of nitrogens with zero attached hydrogens (tertiary/aromatic N) is 2. The van der Waals surface area contributed by atoms with E-state index in [1.54, 1.807) is 14.2 Å². The maximum Gasteiger partial charge on any atom is 0.303 e. The smallest absolute Gasteiger partial charge is 0.303 e. The molecule has 35 heavy (non-hydrogen) atoms. The first-order valence-electron chi connectivity index (χ1n) is 12.7. The Hall–Kier alpha value is -2.64. The predicted molar refractivity (Wildman–Crippen MR) is 141 cm³/mol. The summed E-state index contributed by atoms with van der Waals surface area (Å²) in [5, 5.41) is 12.9. The van der Waals surface area contributed by atoms with E-state index in [4.69, 9.17) is 9.47 Å². The normalized spacial score (nSPS) is 18.9. The van der Waals surface area contributed by atoms with Crippen molar-refractivity contribution in [1.82, 2.24) is 4.98 Å². The van der Waals surface area contributed by atoms with E-state index in [2.05, 4.69) is 47.2 Å². The van der Waals surface area contributed by atoms with Gasteiger partial charge in [0, 0.05) is 33.0 Å². The molecule has 1 aliphatic carbocycles. The van der Waals surface area contributed by atoms with E-state index in [9.17, 15) is 9.90 Å². The summed E-state index contributed by atoms with van der Waals surface area (Å²) >= 11 is 0. The Morgan fingerprint density at radius 1 is 1.14 bits per heavy atom. The largest absolute Gasteiger partial charge is 0.481 e. The first-order valence-corrected chi connectivity index (χ1v) is 12.7. The van der Waals surface area contributed by atoms with Crippen LogP contribution in [-0.2, 0) is 20.9 Å². The molecule has 1 saturated carbocycles. The summed E-state index contributed by atoms with van der Waals surface area (Å²) in [6, 6.07) is 10.7. The molecule has 1 heterocycles. The number of methoxy groups -OCH3 is 2. The van der Waals surface area contributed by atoms with Crippen LogP contribution in [0.1, 0.15) is 69.9 Å². The molecule has 2 aromatic rings. The highest BCUT2D eigenvalue weighted by Gasteiger charge is 2.28. The van der Waals surface area contributed by atoms with E-state index < -0.39 is 5.97 Å². The maximum absolute atomic E-state index is 11.3. The van der Waals surface area contributed by atoms with Gasteiger partial charge in [-0.1, -0.05) is 32.9 Å². The summed E-state index contributed by atoms with van der Waals surface area (Å²) < 4.78 is 10.8. The number of anilines is 3. The number of ether oxygens (including phenoxy) is 2. The van der Waals surface area contributed by atoms with Crippen molar-refractivity contribution in [3.8, 4) is 0 Å². The van der Waals surface area contributed by atoms with Crippen LogP contribution in [0, 0.1) is 5.92 Å². The van der Waals surface area contributed by atoms with Gasteiger partial charge in [-0.25, -0.2) is 4.98 Å². The zero-order valence-electron chi connectivity index (χ0n) is 21.8. The third kappa shape index (κ3) is 7.67. The van der Waals surface area contributed by atoms with E-state index in [1.165, 1.54) is 0 Å². The summed E-state index contributed by atoms with van der Waals surface area (Å²) in [5.74, 6) is 0.374. The van der Waals surface area contributed by atoms with Crippen molar-refractivity contribution in [1.29, 1.82) is 0 Å². The van der Waals surface area contributed by atoms with Gasteiger partial charge < -0.3 is 24.8 Å². The SMILES string of the molecule is COCc1ccc(Nc2cc([C@H](C)CC(=O)O)ccc2N(CC(C)C)[C@H]2CC[C@H](OC)CC2)nc1. The number of aliphatic carboxylic acids is 1. The van der Waals surface area contributed by atoms with Crippen molar-refractivity contribution >= 4 is 23.2 Å². The Morgan fingerprint density at radius 2 is 1.89 bits per heavy atom. The van der Waals surface area contributed by atoms with E-state index >= 15 is 0 Å². The molecular weight excluding hydrogens is 442 g/mol. The van der Waals surface area contributed by atoms with Gasteiger partial charge in [-0.2, -0.15) is 0 Å². The molecule has 1 atom stereocenters. The second-order valence-electron chi connectivity index (χ2n) is 10.1. The number of pyridine rings is 1. The highest BCUT2D eigenvalue weighted by molar-refractivity contribution is 5.76. The lowest BCUT2D eigenvalue weighted by Crippen LogP contribution is -2.41. The molecule has 2 N–H and O–H groups in total. The molecular formula is C28H41N3O4. The summed E-state index contributed by atoms with van der Waals surface area (Å²) in [4.78, 5) is 18.5. The number of hydrogen-bond acceptors (Lipinski definition) is 6. The van der Waals surface area contributed by atoms with Crippen molar-refractivity contribution in [3.05, 3.63) is 47.7 Å². The molecule has 0 saturated heterocycles. The van der Waals surface area contributed by atoms with Gasteiger partial charge in [-0.3, -0.25) is 4.79 Å². The van der Waals surface area contributed by atoms with Crippen molar-refractivity contribution in [2.75, 3.05) is 31.0 Å². The molecule has 1 aromatic heterocycles. The van der Waals surface area contributed by atoms with Gasteiger partial charge in [0.15, 0.2) is 0 Å². The molecule has 0 spiro atoms. The van der Waals surface area contributed by atoms with Gasteiger partial charge in [-0.15, -0.1) is 0 Å². The number of hydrogen-bond donors (Lipinski definition) is 2. The Labute approximate surface area is 209 Å². The van der Waals surface area contributed by atoms with E-state index in [1.807, 2.05) is 25.3 Å². The Bertz CT molecular complexity index is 940. The van der Waals surface area contributed by atoms with Crippen LogP contribution < -0.4 is 10.2 Å². The fourth-order valence-corrected chi connectivity index (χ4v) is 4.91. The molecule has 3 rings (SSSR count). The van der Waals surface area contributed by atoms with Crippen LogP contribution in [-0.4, -0.2) is 49.0 Å². The fraction of sp³-hybridized carbons (Fsp3) is 0.571. The summed E-state index contributed by atoms with van der Waals surface area (Å²) in [5.41, 5.74) is 4.11. The Balaban J connectivity index is 1.96. The summed E-state index contributed by atoms with van der Waals surface area (Å²) in [7, 11) is 3.48. The van der Waals surface area contributed by atoms with Gasteiger partial charge in [-0.05, 0) is 66.8 Å². The van der Waals surface area contributed by atoms with Crippen molar-refractivity contribution in [3.63, 3.8) is 0 Å². The van der Waals surface area contributed by atoms with Crippen LogP contribution in [0.2, 0.25) is 0 Å². The third-order valence-electron chi connectivity index (χ3n) is 6.76. The van der Waals surface area contributed by atoms with E-state index in [0.717, 1.165) is 60.5 Å². The first kappa shape index (κ1) is 27.0. The summed E-state index contributed by atoms with van der Waals surface area (Å²) in [6.07, 6.45) is 6.57. The molecule has 7 nitrogen and oxygen atoms in total. The monoisotopic (exact) mass is 483 g/mol. The molecule has 1 aliphatic rings. The maximum atomic E-state index is 11.3. The molecule has 192 valence electrons. The lowest BCUT2D eigenvalue weighted by atomic mass is 9.90. The third-order valence-corrected chi connectivity index (χ3v) is 6.76. The number of aromatic nitrogens is 1. The van der Waals surface area contributed by atoms with Crippen LogP contribution in [0.15, 0.2) is 36.5 Å². The van der Waals surface area contributed by atoms with Gasteiger partial charge in [0.05, 0.1) is 30.5 Å². The number of carboxylic acids is 1. The predicted octanol–water partition coefficient (Wildman–Crippen LogP) is 5.97. The van der Waals surface area contributed by atoms with Gasteiger partial charge in [0.2, 0.25) is 0 Å². The molecule has 0 amide bonds. The van der Waals surface area contributed by atoms with Crippen molar-refractivity contribution in [2.45, 2.75) is 77.5 Å². The fourth-order valence-electron chi connectivity index (χ4n) is 4.91. The van der Waals surface area contributed by atoms with E-state index in [0.29, 0.717) is 24.7 Å². The first-order chi connectivity index (χ1) is 16.8. The molecule has 0 unspecified atom stereocenters.